The Morgan fingerprint density at radius 1 is 1.23 bits per heavy atom. The molecule has 30 heavy (non-hydrogen) atoms. The number of nitrogens with one attached hydrogen (secondary N) is 1. The molecule has 3 aromatic rings. The molecule has 1 N–H and O–H groups in total. The van der Waals surface area contributed by atoms with Gasteiger partial charge in [-0.2, -0.15) is 0 Å². The average molecular weight is 428 g/mol. The minimum absolute atomic E-state index is 0.105. The summed E-state index contributed by atoms with van der Waals surface area (Å²) in [6.07, 6.45) is 1.69. The van der Waals surface area contributed by atoms with Crippen molar-refractivity contribution in [2.24, 2.45) is 0 Å². The first kappa shape index (κ1) is 21.4. The number of methoxy groups -OCH3 is 2. The number of ether oxygens (including phenoxy) is 2. The lowest BCUT2D eigenvalue weighted by atomic mass is 10.2. The van der Waals surface area contributed by atoms with E-state index in [1.807, 2.05) is 0 Å². The minimum Gasteiger partial charge on any atom is -0.497 e. The Hall–Kier alpha value is -3.33. The van der Waals surface area contributed by atoms with Crippen LogP contribution in [0.25, 0.3) is 11.4 Å². The number of halogens is 1. The van der Waals surface area contributed by atoms with E-state index >= 15 is 0 Å². The van der Waals surface area contributed by atoms with Crippen LogP contribution in [0.4, 0.5) is 10.1 Å². The molecule has 9 heteroatoms. The molecule has 0 radical (unpaired) electrons. The number of aromatic nitrogens is 3. The lowest BCUT2D eigenvalue weighted by Crippen LogP contribution is -2.15. The van der Waals surface area contributed by atoms with Crippen molar-refractivity contribution in [1.82, 2.24) is 14.8 Å². The van der Waals surface area contributed by atoms with E-state index in [4.69, 9.17) is 9.47 Å². The van der Waals surface area contributed by atoms with Crippen LogP contribution in [0.1, 0.15) is 0 Å². The molecule has 7 nitrogen and oxygen atoms in total. The maximum atomic E-state index is 13.6. The van der Waals surface area contributed by atoms with Gasteiger partial charge in [0.05, 0.1) is 25.7 Å². The number of carbonyl (C=O) groups excluding carboxylic acids is 1. The lowest BCUT2D eigenvalue weighted by molar-refractivity contribution is -0.113. The number of amides is 1. The van der Waals surface area contributed by atoms with Gasteiger partial charge >= 0.3 is 0 Å². The number of carbonyl (C=O) groups is 1. The number of nitrogens with zero attached hydrogens (tertiary/aromatic N) is 3. The maximum absolute atomic E-state index is 13.6. The van der Waals surface area contributed by atoms with Crippen molar-refractivity contribution in [2.75, 3.05) is 25.3 Å². The van der Waals surface area contributed by atoms with Crippen LogP contribution < -0.4 is 14.8 Å². The Kier molecular flexibility index (Phi) is 7.08. The first-order chi connectivity index (χ1) is 14.5. The smallest absolute Gasteiger partial charge is 0.234 e. The van der Waals surface area contributed by atoms with Gasteiger partial charge in [-0.25, -0.2) is 4.39 Å². The molecule has 0 atom stereocenters. The summed E-state index contributed by atoms with van der Waals surface area (Å²) in [7, 11) is 3.08. The molecule has 1 amide bonds. The molecular weight excluding hydrogens is 407 g/mol. The van der Waals surface area contributed by atoms with E-state index < -0.39 is 0 Å². The summed E-state index contributed by atoms with van der Waals surface area (Å²) < 4.78 is 25.8. The SMILES string of the molecule is C=CCn1c(SCC(=O)Nc2ccc(OC)cc2OC)nnc1-c1cccc(F)c1. The van der Waals surface area contributed by atoms with Crippen molar-refractivity contribution < 1.29 is 18.7 Å². The van der Waals surface area contributed by atoms with Crippen LogP contribution in [-0.2, 0) is 11.3 Å². The van der Waals surface area contributed by atoms with Crippen LogP contribution in [0.15, 0.2) is 60.3 Å². The summed E-state index contributed by atoms with van der Waals surface area (Å²) in [6, 6.07) is 11.3. The van der Waals surface area contributed by atoms with E-state index in [1.165, 1.54) is 31.0 Å². The molecule has 156 valence electrons. The van der Waals surface area contributed by atoms with Crippen LogP contribution in [-0.4, -0.2) is 40.6 Å². The van der Waals surface area contributed by atoms with E-state index in [1.54, 1.807) is 48.1 Å². The van der Waals surface area contributed by atoms with Gasteiger partial charge in [0, 0.05) is 18.2 Å². The Morgan fingerprint density at radius 2 is 2.07 bits per heavy atom. The second-order valence-electron chi connectivity index (χ2n) is 6.12. The van der Waals surface area contributed by atoms with Crippen molar-refractivity contribution >= 4 is 23.4 Å². The second-order valence-corrected chi connectivity index (χ2v) is 7.06. The highest BCUT2D eigenvalue weighted by Gasteiger charge is 2.16. The standard InChI is InChI=1S/C21H21FN4O3S/c1-4-10-26-20(14-6-5-7-15(22)11-14)24-25-21(26)30-13-19(27)23-17-9-8-16(28-2)12-18(17)29-3/h4-9,11-12H,1,10,13H2,2-3H3,(H,23,27). The quantitative estimate of drug-likeness (QED) is 0.410. The summed E-state index contributed by atoms with van der Waals surface area (Å²) in [4.78, 5) is 12.5. The number of hydrogen-bond acceptors (Lipinski definition) is 6. The van der Waals surface area contributed by atoms with Crippen molar-refractivity contribution in [2.45, 2.75) is 11.7 Å². The predicted molar refractivity (Wildman–Crippen MR) is 115 cm³/mol. The molecule has 0 aliphatic rings. The van der Waals surface area contributed by atoms with Crippen LogP contribution in [0, 0.1) is 5.82 Å². The highest BCUT2D eigenvalue weighted by molar-refractivity contribution is 7.99. The molecule has 0 bridgehead atoms. The zero-order chi connectivity index (χ0) is 21.5. The third-order valence-corrected chi connectivity index (χ3v) is 5.09. The molecule has 0 spiro atoms. The molecule has 0 aliphatic heterocycles. The normalized spacial score (nSPS) is 10.5. The fraction of sp³-hybridized carbons (Fsp3) is 0.190. The van der Waals surface area contributed by atoms with Crippen LogP contribution in [0.2, 0.25) is 0 Å². The molecule has 0 saturated heterocycles. The summed E-state index contributed by atoms with van der Waals surface area (Å²) in [6.45, 7) is 4.18. The van der Waals surface area contributed by atoms with Crippen LogP contribution >= 0.6 is 11.8 Å². The van der Waals surface area contributed by atoms with E-state index in [2.05, 4.69) is 22.1 Å². The van der Waals surface area contributed by atoms with Crippen molar-refractivity contribution in [3.05, 3.63) is 60.9 Å². The number of rotatable bonds is 9. The fourth-order valence-corrected chi connectivity index (χ4v) is 3.50. The molecule has 3 rings (SSSR count). The van der Waals surface area contributed by atoms with Gasteiger partial charge in [-0.05, 0) is 24.3 Å². The maximum Gasteiger partial charge on any atom is 0.234 e. The third kappa shape index (κ3) is 4.98. The number of anilines is 1. The molecule has 1 aromatic heterocycles. The predicted octanol–water partition coefficient (Wildman–Crippen LogP) is 4.02. The van der Waals surface area contributed by atoms with E-state index in [0.29, 0.717) is 40.3 Å². The van der Waals surface area contributed by atoms with Crippen molar-refractivity contribution in [3.63, 3.8) is 0 Å². The Labute approximate surface area is 177 Å². The molecule has 0 saturated carbocycles. The van der Waals surface area contributed by atoms with Crippen molar-refractivity contribution in [3.8, 4) is 22.9 Å². The van der Waals surface area contributed by atoms with Gasteiger partial charge < -0.3 is 14.8 Å². The Bertz CT molecular complexity index is 1050. The molecule has 0 fully saturated rings. The Morgan fingerprint density at radius 3 is 2.77 bits per heavy atom. The Balaban J connectivity index is 1.73. The summed E-state index contributed by atoms with van der Waals surface area (Å²) in [5.41, 5.74) is 1.14. The van der Waals surface area contributed by atoms with Gasteiger partial charge in [-0.15, -0.1) is 16.8 Å². The zero-order valence-corrected chi connectivity index (χ0v) is 17.4. The van der Waals surface area contributed by atoms with Crippen LogP contribution in [0.5, 0.6) is 11.5 Å². The van der Waals surface area contributed by atoms with Crippen molar-refractivity contribution in [1.29, 1.82) is 0 Å². The summed E-state index contributed by atoms with van der Waals surface area (Å²) in [5.74, 6) is 1.14. The first-order valence-corrected chi connectivity index (χ1v) is 9.99. The number of benzene rings is 2. The fourth-order valence-electron chi connectivity index (χ4n) is 2.75. The highest BCUT2D eigenvalue weighted by Crippen LogP contribution is 2.30. The molecule has 1 heterocycles. The second kappa shape index (κ2) is 9.93. The van der Waals surface area contributed by atoms with Gasteiger partial charge in [-0.1, -0.05) is 30.0 Å². The van der Waals surface area contributed by atoms with Gasteiger partial charge in [0.2, 0.25) is 5.91 Å². The summed E-state index contributed by atoms with van der Waals surface area (Å²) >= 11 is 1.23. The molecular formula is C21H21FN4O3S. The molecule has 0 unspecified atom stereocenters. The minimum atomic E-state index is -0.359. The first-order valence-electron chi connectivity index (χ1n) is 9.00. The van der Waals surface area contributed by atoms with Crippen LogP contribution in [0.3, 0.4) is 0 Å². The number of allylic oxidation sites excluding steroid dienone is 1. The number of thioether (sulfide) groups is 1. The van der Waals surface area contributed by atoms with E-state index in [9.17, 15) is 9.18 Å². The molecule has 2 aromatic carbocycles. The largest absolute Gasteiger partial charge is 0.497 e. The summed E-state index contributed by atoms with van der Waals surface area (Å²) in [5, 5.41) is 11.7. The lowest BCUT2D eigenvalue weighted by Gasteiger charge is -2.12. The van der Waals surface area contributed by atoms with E-state index in [-0.39, 0.29) is 17.5 Å². The average Bonchev–Trinajstić information content (AvgIpc) is 3.15. The molecule has 0 aliphatic carbocycles. The topological polar surface area (TPSA) is 78.3 Å². The van der Waals surface area contributed by atoms with E-state index in [0.717, 1.165) is 0 Å². The van der Waals surface area contributed by atoms with Gasteiger partial charge in [0.1, 0.15) is 17.3 Å². The monoisotopic (exact) mass is 428 g/mol. The number of hydrogen-bond donors (Lipinski definition) is 1. The van der Waals surface area contributed by atoms with Gasteiger partial charge in [-0.3, -0.25) is 9.36 Å². The van der Waals surface area contributed by atoms with Gasteiger partial charge in [0.15, 0.2) is 11.0 Å². The third-order valence-electron chi connectivity index (χ3n) is 4.13. The highest BCUT2D eigenvalue weighted by atomic mass is 32.2. The zero-order valence-electron chi connectivity index (χ0n) is 16.6. The van der Waals surface area contributed by atoms with Gasteiger partial charge in [0.25, 0.3) is 0 Å².